The molecule has 1 N–H and O–H groups in total. The molecule has 0 saturated carbocycles. The van der Waals surface area contributed by atoms with Crippen molar-refractivity contribution >= 4 is 21.7 Å². The van der Waals surface area contributed by atoms with Crippen LogP contribution in [-0.4, -0.2) is 29.2 Å². The van der Waals surface area contributed by atoms with Crippen LogP contribution >= 0.6 is 15.9 Å². The summed E-state index contributed by atoms with van der Waals surface area (Å²) in [5.41, 5.74) is 0. The summed E-state index contributed by atoms with van der Waals surface area (Å²) in [5.74, 6) is 0.829. The lowest BCUT2D eigenvalue weighted by Gasteiger charge is -2.11. The fraction of sp³-hybridized carbons (Fsp3) is 0.556. The number of hydrogen-bond donors (Lipinski definition) is 1. The van der Waals surface area contributed by atoms with Crippen LogP contribution in [0.4, 0.5) is 5.82 Å². The molecule has 0 amide bonds. The average Bonchev–Trinajstić information content (AvgIpc) is 2.69. The molecule has 1 aromatic heterocycles. The summed E-state index contributed by atoms with van der Waals surface area (Å²) in [5, 5.41) is 3.23. The van der Waals surface area contributed by atoms with Gasteiger partial charge in [-0.25, -0.2) is 9.97 Å². The van der Waals surface area contributed by atoms with Crippen molar-refractivity contribution in [2.75, 3.05) is 18.5 Å². The Morgan fingerprint density at radius 2 is 2.57 bits per heavy atom. The number of halogens is 1. The van der Waals surface area contributed by atoms with Crippen molar-refractivity contribution in [1.82, 2.24) is 9.97 Å². The molecule has 0 aliphatic carbocycles. The van der Waals surface area contributed by atoms with Gasteiger partial charge in [0.15, 0.2) is 0 Å². The highest BCUT2D eigenvalue weighted by molar-refractivity contribution is 9.10. The lowest BCUT2D eigenvalue weighted by molar-refractivity contribution is 0.120. The highest BCUT2D eigenvalue weighted by atomic mass is 79.9. The first-order chi connectivity index (χ1) is 6.86. The molecule has 0 radical (unpaired) electrons. The molecule has 1 atom stereocenters. The molecule has 1 fully saturated rings. The highest BCUT2D eigenvalue weighted by Gasteiger charge is 2.15. The van der Waals surface area contributed by atoms with E-state index in [1.165, 1.54) is 6.33 Å². The standard InChI is InChI=1S/C9H12BrN3O/c10-8-5-11-6-13-9(8)12-4-7-2-1-3-14-7/h5-7H,1-4H2,(H,11,12,13). The van der Waals surface area contributed by atoms with E-state index >= 15 is 0 Å². The van der Waals surface area contributed by atoms with Crippen LogP contribution in [0.3, 0.4) is 0 Å². The Balaban J connectivity index is 1.88. The average molecular weight is 258 g/mol. The third kappa shape index (κ3) is 2.42. The zero-order chi connectivity index (χ0) is 9.80. The SMILES string of the molecule is Brc1cncnc1NCC1CCCO1. The third-order valence-corrected chi connectivity index (χ3v) is 2.77. The number of hydrogen-bond acceptors (Lipinski definition) is 4. The van der Waals surface area contributed by atoms with Gasteiger partial charge in [-0.15, -0.1) is 0 Å². The second kappa shape index (κ2) is 4.70. The Hall–Kier alpha value is -0.680. The molecule has 1 saturated heterocycles. The molecule has 0 spiro atoms. The predicted octanol–water partition coefficient (Wildman–Crippen LogP) is 1.83. The molecule has 0 aromatic carbocycles. The maximum absolute atomic E-state index is 5.49. The maximum atomic E-state index is 5.49. The number of anilines is 1. The Kier molecular flexibility index (Phi) is 3.31. The molecule has 0 bridgehead atoms. The second-order valence-electron chi connectivity index (χ2n) is 3.24. The summed E-state index contributed by atoms with van der Waals surface area (Å²) in [6.07, 6.45) is 5.89. The minimum Gasteiger partial charge on any atom is -0.376 e. The van der Waals surface area contributed by atoms with E-state index in [-0.39, 0.29) is 0 Å². The molecule has 14 heavy (non-hydrogen) atoms. The minimum absolute atomic E-state index is 0.330. The van der Waals surface area contributed by atoms with Crippen molar-refractivity contribution in [1.29, 1.82) is 0 Å². The van der Waals surface area contributed by atoms with E-state index in [0.29, 0.717) is 6.10 Å². The molecule has 1 aliphatic rings. The van der Waals surface area contributed by atoms with Gasteiger partial charge >= 0.3 is 0 Å². The third-order valence-electron chi connectivity index (χ3n) is 2.19. The molecule has 2 heterocycles. The van der Waals surface area contributed by atoms with Gasteiger partial charge < -0.3 is 10.1 Å². The van der Waals surface area contributed by atoms with Gasteiger partial charge in [0.2, 0.25) is 0 Å². The van der Waals surface area contributed by atoms with Gasteiger partial charge in [0.1, 0.15) is 12.1 Å². The van der Waals surface area contributed by atoms with Crippen LogP contribution in [0.1, 0.15) is 12.8 Å². The van der Waals surface area contributed by atoms with Crippen molar-refractivity contribution in [2.24, 2.45) is 0 Å². The van der Waals surface area contributed by atoms with Crippen molar-refractivity contribution in [3.8, 4) is 0 Å². The quantitative estimate of drug-likeness (QED) is 0.898. The zero-order valence-corrected chi connectivity index (χ0v) is 9.33. The van der Waals surface area contributed by atoms with E-state index in [2.05, 4.69) is 31.2 Å². The van der Waals surface area contributed by atoms with Crippen LogP contribution in [0.25, 0.3) is 0 Å². The van der Waals surface area contributed by atoms with Crippen molar-refractivity contribution < 1.29 is 4.74 Å². The smallest absolute Gasteiger partial charge is 0.143 e. The van der Waals surface area contributed by atoms with Crippen LogP contribution in [0.15, 0.2) is 17.0 Å². The zero-order valence-electron chi connectivity index (χ0n) is 7.74. The normalized spacial score (nSPS) is 21.1. The van der Waals surface area contributed by atoms with Gasteiger partial charge in [-0.1, -0.05) is 0 Å². The fourth-order valence-corrected chi connectivity index (χ4v) is 1.82. The number of rotatable bonds is 3. The first-order valence-corrected chi connectivity index (χ1v) is 5.46. The molecular formula is C9H12BrN3O. The molecular weight excluding hydrogens is 246 g/mol. The predicted molar refractivity (Wildman–Crippen MR) is 57.2 cm³/mol. The van der Waals surface area contributed by atoms with E-state index in [0.717, 1.165) is 36.3 Å². The molecule has 2 rings (SSSR count). The Morgan fingerprint density at radius 3 is 3.29 bits per heavy atom. The van der Waals surface area contributed by atoms with Crippen molar-refractivity contribution in [3.05, 3.63) is 17.0 Å². The fourth-order valence-electron chi connectivity index (χ4n) is 1.46. The van der Waals surface area contributed by atoms with Crippen LogP contribution in [0.5, 0.6) is 0 Å². The van der Waals surface area contributed by atoms with Gasteiger partial charge in [-0.05, 0) is 28.8 Å². The van der Waals surface area contributed by atoms with Gasteiger partial charge in [0.05, 0.1) is 10.6 Å². The lowest BCUT2D eigenvalue weighted by Crippen LogP contribution is -2.19. The summed E-state index contributed by atoms with van der Waals surface area (Å²) in [4.78, 5) is 8.01. The van der Waals surface area contributed by atoms with Gasteiger partial charge in [-0.2, -0.15) is 0 Å². The van der Waals surface area contributed by atoms with Crippen molar-refractivity contribution in [3.63, 3.8) is 0 Å². The largest absolute Gasteiger partial charge is 0.376 e. The van der Waals surface area contributed by atoms with Crippen LogP contribution in [-0.2, 0) is 4.74 Å². The maximum Gasteiger partial charge on any atom is 0.143 e. The van der Waals surface area contributed by atoms with E-state index in [9.17, 15) is 0 Å². The summed E-state index contributed by atoms with van der Waals surface area (Å²) >= 11 is 3.38. The van der Waals surface area contributed by atoms with E-state index in [4.69, 9.17) is 4.74 Å². The topological polar surface area (TPSA) is 47.0 Å². The molecule has 4 nitrogen and oxygen atoms in total. The number of nitrogens with zero attached hydrogens (tertiary/aromatic N) is 2. The molecule has 1 aromatic rings. The second-order valence-corrected chi connectivity index (χ2v) is 4.09. The molecule has 5 heteroatoms. The van der Waals surface area contributed by atoms with Gasteiger partial charge in [0.25, 0.3) is 0 Å². The van der Waals surface area contributed by atoms with Crippen LogP contribution < -0.4 is 5.32 Å². The van der Waals surface area contributed by atoms with Gasteiger partial charge in [-0.3, -0.25) is 0 Å². The first kappa shape index (κ1) is 9.86. The summed E-state index contributed by atoms with van der Waals surface area (Å²) in [7, 11) is 0. The van der Waals surface area contributed by atoms with Crippen LogP contribution in [0, 0.1) is 0 Å². The van der Waals surface area contributed by atoms with E-state index < -0.39 is 0 Å². The van der Waals surface area contributed by atoms with Crippen molar-refractivity contribution in [2.45, 2.75) is 18.9 Å². The number of nitrogens with one attached hydrogen (secondary N) is 1. The molecule has 1 aliphatic heterocycles. The van der Waals surface area contributed by atoms with Gasteiger partial charge in [0, 0.05) is 19.3 Å². The highest BCUT2D eigenvalue weighted by Crippen LogP contribution is 2.18. The van der Waals surface area contributed by atoms with E-state index in [1.807, 2.05) is 0 Å². The first-order valence-electron chi connectivity index (χ1n) is 4.67. The molecule has 76 valence electrons. The van der Waals surface area contributed by atoms with Crippen LogP contribution in [0.2, 0.25) is 0 Å². The number of aromatic nitrogens is 2. The Morgan fingerprint density at radius 1 is 1.64 bits per heavy atom. The lowest BCUT2D eigenvalue weighted by atomic mass is 10.2. The molecule has 1 unspecified atom stereocenters. The minimum atomic E-state index is 0.330. The Labute approximate surface area is 91.2 Å². The summed E-state index contributed by atoms with van der Waals surface area (Å²) in [6.45, 7) is 1.70. The summed E-state index contributed by atoms with van der Waals surface area (Å²) in [6, 6.07) is 0. The number of ether oxygens (including phenoxy) is 1. The monoisotopic (exact) mass is 257 g/mol. The van der Waals surface area contributed by atoms with E-state index in [1.54, 1.807) is 6.20 Å². The summed E-state index contributed by atoms with van der Waals surface area (Å²) < 4.78 is 6.38. The Bertz CT molecular complexity index is 302.